The van der Waals surface area contributed by atoms with E-state index < -0.39 is 36.9 Å². The summed E-state index contributed by atoms with van der Waals surface area (Å²) in [6.45, 7) is 1.46. The van der Waals surface area contributed by atoms with E-state index in [0.29, 0.717) is 0 Å². The van der Waals surface area contributed by atoms with Crippen LogP contribution in [-0.4, -0.2) is 36.0 Å². The number of alkyl halides is 3. The molecule has 0 amide bonds. The summed E-state index contributed by atoms with van der Waals surface area (Å²) in [5.41, 5.74) is -0.185. The van der Waals surface area contributed by atoms with E-state index in [1.807, 2.05) is 0 Å². The molecule has 0 N–H and O–H groups in total. The molecular formula is C13H15F4NO. The number of benzene rings is 1. The Bertz CT molecular complexity index is 443. The second-order valence-corrected chi connectivity index (χ2v) is 4.52. The lowest BCUT2D eigenvalue weighted by atomic mass is 10.1. The molecule has 0 fully saturated rings. The van der Waals surface area contributed by atoms with E-state index in [9.17, 15) is 22.4 Å². The maximum atomic E-state index is 13.4. The van der Waals surface area contributed by atoms with Crippen molar-refractivity contribution in [3.05, 3.63) is 35.6 Å². The minimum atomic E-state index is -4.39. The van der Waals surface area contributed by atoms with Gasteiger partial charge in [-0.2, -0.15) is 13.2 Å². The highest BCUT2D eigenvalue weighted by molar-refractivity contribution is 5.97. The fraction of sp³-hybridized carbons (Fsp3) is 0.462. The molecule has 0 spiro atoms. The number of halogens is 4. The van der Waals surface area contributed by atoms with Crippen LogP contribution in [0.15, 0.2) is 24.3 Å². The molecule has 1 aromatic carbocycles. The minimum Gasteiger partial charge on any atom is -0.293 e. The Morgan fingerprint density at radius 3 is 2.32 bits per heavy atom. The predicted octanol–water partition coefficient (Wildman–Crippen LogP) is 3.28. The normalized spacial score (nSPS) is 12.2. The molecule has 2 nitrogen and oxygen atoms in total. The van der Waals surface area contributed by atoms with Crippen molar-refractivity contribution in [2.24, 2.45) is 0 Å². The highest BCUT2D eigenvalue weighted by Crippen LogP contribution is 2.18. The van der Waals surface area contributed by atoms with Gasteiger partial charge in [-0.05, 0) is 26.0 Å². The van der Waals surface area contributed by atoms with Gasteiger partial charge in [0.05, 0.1) is 18.7 Å². The number of carbonyl (C=O) groups excluding carboxylic acids is 1. The van der Waals surface area contributed by atoms with Gasteiger partial charge in [0.15, 0.2) is 5.78 Å². The van der Waals surface area contributed by atoms with Crippen molar-refractivity contribution >= 4 is 5.78 Å². The van der Waals surface area contributed by atoms with Gasteiger partial charge in [-0.25, -0.2) is 4.39 Å². The molecular weight excluding hydrogens is 262 g/mol. The van der Waals surface area contributed by atoms with Crippen LogP contribution < -0.4 is 0 Å². The first kappa shape index (κ1) is 15.6. The van der Waals surface area contributed by atoms with Crippen LogP contribution in [0.25, 0.3) is 0 Å². The average molecular weight is 277 g/mol. The first-order valence-electron chi connectivity index (χ1n) is 5.79. The van der Waals surface area contributed by atoms with Crippen molar-refractivity contribution in [1.82, 2.24) is 4.90 Å². The van der Waals surface area contributed by atoms with E-state index in [1.165, 1.54) is 18.2 Å². The van der Waals surface area contributed by atoms with E-state index >= 15 is 0 Å². The lowest BCUT2D eigenvalue weighted by molar-refractivity contribution is -0.148. The van der Waals surface area contributed by atoms with Gasteiger partial charge in [0.1, 0.15) is 5.82 Å². The zero-order valence-electron chi connectivity index (χ0n) is 10.7. The Kier molecular flexibility index (Phi) is 5.05. The summed E-state index contributed by atoms with van der Waals surface area (Å²) >= 11 is 0. The Morgan fingerprint density at radius 1 is 1.26 bits per heavy atom. The van der Waals surface area contributed by atoms with Gasteiger partial charge in [0.25, 0.3) is 0 Å². The molecule has 0 aliphatic rings. The van der Waals surface area contributed by atoms with Gasteiger partial charge in [0, 0.05) is 6.04 Å². The second-order valence-electron chi connectivity index (χ2n) is 4.52. The summed E-state index contributed by atoms with van der Waals surface area (Å²) in [7, 11) is 0. The van der Waals surface area contributed by atoms with Gasteiger partial charge in [0.2, 0.25) is 0 Å². The quantitative estimate of drug-likeness (QED) is 0.608. The van der Waals surface area contributed by atoms with Gasteiger partial charge < -0.3 is 0 Å². The molecule has 0 aliphatic heterocycles. The van der Waals surface area contributed by atoms with E-state index in [-0.39, 0.29) is 5.56 Å². The second kappa shape index (κ2) is 6.14. The molecule has 0 unspecified atom stereocenters. The Labute approximate surface area is 109 Å². The maximum Gasteiger partial charge on any atom is 0.401 e. The van der Waals surface area contributed by atoms with Gasteiger partial charge in [-0.1, -0.05) is 12.1 Å². The lowest BCUT2D eigenvalue weighted by Gasteiger charge is -2.26. The third-order valence-corrected chi connectivity index (χ3v) is 2.63. The number of Topliss-reactive ketones (excluding diaryl/α,β-unsaturated/α-hetero) is 1. The van der Waals surface area contributed by atoms with Crippen LogP contribution in [0.2, 0.25) is 0 Å². The molecule has 0 aliphatic carbocycles. The first-order valence-corrected chi connectivity index (χ1v) is 5.79. The fourth-order valence-corrected chi connectivity index (χ4v) is 1.61. The van der Waals surface area contributed by atoms with E-state index in [4.69, 9.17) is 0 Å². The topological polar surface area (TPSA) is 20.3 Å². The predicted molar refractivity (Wildman–Crippen MR) is 63.5 cm³/mol. The number of nitrogens with zero attached hydrogens (tertiary/aromatic N) is 1. The Hall–Kier alpha value is -1.43. The molecule has 0 bridgehead atoms. The van der Waals surface area contributed by atoms with Crippen molar-refractivity contribution in [3.8, 4) is 0 Å². The highest BCUT2D eigenvalue weighted by atomic mass is 19.4. The third-order valence-electron chi connectivity index (χ3n) is 2.63. The molecule has 0 aromatic heterocycles. The molecule has 0 heterocycles. The summed E-state index contributed by atoms with van der Waals surface area (Å²) in [6, 6.07) is 4.81. The van der Waals surface area contributed by atoms with E-state index in [2.05, 4.69) is 0 Å². The molecule has 1 rings (SSSR count). The number of rotatable bonds is 5. The van der Waals surface area contributed by atoms with Crippen LogP contribution in [-0.2, 0) is 0 Å². The standard InChI is InChI=1S/C13H15F4NO/c1-9(2)18(8-13(15,16)17)7-12(19)10-5-3-4-6-11(10)14/h3-6,9H,7-8H2,1-2H3. The largest absolute Gasteiger partial charge is 0.401 e. The number of carbonyl (C=O) groups is 1. The zero-order valence-corrected chi connectivity index (χ0v) is 10.7. The fourth-order valence-electron chi connectivity index (χ4n) is 1.61. The Morgan fingerprint density at radius 2 is 1.84 bits per heavy atom. The SMILES string of the molecule is CC(C)N(CC(=O)c1ccccc1F)CC(F)(F)F. The van der Waals surface area contributed by atoms with Crippen molar-refractivity contribution in [1.29, 1.82) is 0 Å². The van der Waals surface area contributed by atoms with Crippen LogP contribution >= 0.6 is 0 Å². The molecule has 0 saturated carbocycles. The van der Waals surface area contributed by atoms with Gasteiger partial charge >= 0.3 is 6.18 Å². The zero-order chi connectivity index (χ0) is 14.6. The highest BCUT2D eigenvalue weighted by Gasteiger charge is 2.32. The average Bonchev–Trinajstić information content (AvgIpc) is 2.26. The summed E-state index contributed by atoms with van der Waals surface area (Å²) in [4.78, 5) is 12.8. The number of ketones is 1. The Balaban J connectivity index is 2.80. The summed E-state index contributed by atoms with van der Waals surface area (Å²) in [6.07, 6.45) is -4.39. The van der Waals surface area contributed by atoms with Crippen molar-refractivity contribution < 1.29 is 22.4 Å². The van der Waals surface area contributed by atoms with Gasteiger partial charge in [-0.3, -0.25) is 9.69 Å². The molecule has 106 valence electrons. The number of hydrogen-bond acceptors (Lipinski definition) is 2. The maximum absolute atomic E-state index is 13.4. The first-order chi connectivity index (χ1) is 8.70. The molecule has 0 radical (unpaired) electrons. The monoisotopic (exact) mass is 277 g/mol. The molecule has 6 heteroatoms. The van der Waals surface area contributed by atoms with Crippen molar-refractivity contribution in [2.45, 2.75) is 26.1 Å². The van der Waals surface area contributed by atoms with Crippen LogP contribution in [0.5, 0.6) is 0 Å². The summed E-state index contributed by atoms with van der Waals surface area (Å²) < 4.78 is 50.5. The molecule has 0 saturated heterocycles. The van der Waals surface area contributed by atoms with Crippen LogP contribution in [0.1, 0.15) is 24.2 Å². The van der Waals surface area contributed by atoms with Gasteiger partial charge in [-0.15, -0.1) is 0 Å². The molecule has 19 heavy (non-hydrogen) atoms. The smallest absolute Gasteiger partial charge is 0.293 e. The van der Waals surface area contributed by atoms with E-state index in [0.717, 1.165) is 11.0 Å². The summed E-state index contributed by atoms with van der Waals surface area (Å²) in [5, 5.41) is 0. The number of hydrogen-bond donors (Lipinski definition) is 0. The van der Waals surface area contributed by atoms with Crippen LogP contribution in [0.4, 0.5) is 17.6 Å². The van der Waals surface area contributed by atoms with Crippen molar-refractivity contribution in [3.63, 3.8) is 0 Å². The van der Waals surface area contributed by atoms with Crippen molar-refractivity contribution in [2.75, 3.05) is 13.1 Å². The van der Waals surface area contributed by atoms with Crippen LogP contribution in [0, 0.1) is 5.82 Å². The van der Waals surface area contributed by atoms with Crippen LogP contribution in [0.3, 0.4) is 0 Å². The molecule has 0 atom stereocenters. The lowest BCUT2D eigenvalue weighted by Crippen LogP contribution is -2.42. The minimum absolute atomic E-state index is 0.185. The summed E-state index contributed by atoms with van der Waals surface area (Å²) in [5.74, 6) is -1.38. The van der Waals surface area contributed by atoms with E-state index in [1.54, 1.807) is 13.8 Å². The third kappa shape index (κ3) is 4.98. The molecule has 1 aromatic rings.